The number of rotatable bonds is 13. The molecule has 0 saturated carbocycles. The average Bonchev–Trinajstić information content (AvgIpc) is 3.18. The Kier molecular flexibility index (Phi) is 8.23. The number of imide groups is 1. The van der Waals surface area contributed by atoms with Crippen LogP contribution in [0.2, 0.25) is 0 Å². The van der Waals surface area contributed by atoms with E-state index in [4.69, 9.17) is 14.2 Å². The zero-order valence-corrected chi connectivity index (χ0v) is 14.4. The summed E-state index contributed by atoms with van der Waals surface area (Å²) in [5.74, 6) is -0.661. The van der Waals surface area contributed by atoms with Gasteiger partial charge in [-0.05, 0) is 6.42 Å². The van der Waals surface area contributed by atoms with Crippen molar-refractivity contribution in [2.24, 2.45) is 0 Å². The molecule has 0 bridgehead atoms. The van der Waals surface area contributed by atoms with Crippen LogP contribution in [0.25, 0.3) is 0 Å². The van der Waals surface area contributed by atoms with Gasteiger partial charge in [0.1, 0.15) is 5.69 Å². The molecule has 25 heavy (non-hydrogen) atoms. The minimum atomic E-state index is -0.331. The van der Waals surface area contributed by atoms with Gasteiger partial charge in [-0.25, -0.2) is 4.68 Å². The first kappa shape index (κ1) is 19.2. The van der Waals surface area contributed by atoms with E-state index in [1.165, 1.54) is 12.2 Å². The Balaban J connectivity index is 1.53. The molecule has 1 aromatic heterocycles. The summed E-state index contributed by atoms with van der Waals surface area (Å²) in [7, 11) is 0. The number of amides is 2. The molecule has 2 amide bonds. The standard InChI is InChI=1S/C16H24N4O5/c1-2-6-23-8-10-25-11-9-24-7-5-19-12-14(17-18-19)13-20-15(21)3-4-16(20)22/h3-4,12H,2,5-11,13H2,1H3. The van der Waals surface area contributed by atoms with Crippen LogP contribution in [0.3, 0.4) is 0 Å². The van der Waals surface area contributed by atoms with Gasteiger partial charge in [0, 0.05) is 18.8 Å². The molecule has 2 heterocycles. The molecule has 0 radical (unpaired) electrons. The summed E-state index contributed by atoms with van der Waals surface area (Å²) in [5.41, 5.74) is 0.556. The third-order valence-electron chi connectivity index (χ3n) is 3.36. The fourth-order valence-corrected chi connectivity index (χ4v) is 2.11. The summed E-state index contributed by atoms with van der Waals surface area (Å²) >= 11 is 0. The summed E-state index contributed by atoms with van der Waals surface area (Å²) in [5, 5.41) is 7.91. The van der Waals surface area contributed by atoms with Crippen molar-refractivity contribution in [3.05, 3.63) is 24.0 Å². The molecule has 1 aromatic rings. The van der Waals surface area contributed by atoms with Crippen molar-refractivity contribution in [1.82, 2.24) is 19.9 Å². The molecular formula is C16H24N4O5. The van der Waals surface area contributed by atoms with Crippen LogP contribution < -0.4 is 0 Å². The Bertz CT molecular complexity index is 569. The molecule has 138 valence electrons. The number of hydrogen-bond donors (Lipinski definition) is 0. The fraction of sp³-hybridized carbons (Fsp3) is 0.625. The normalized spacial score (nSPS) is 14.0. The number of nitrogens with zero attached hydrogens (tertiary/aromatic N) is 4. The Morgan fingerprint density at radius 1 is 0.920 bits per heavy atom. The number of aromatic nitrogens is 3. The van der Waals surface area contributed by atoms with Crippen molar-refractivity contribution in [2.45, 2.75) is 26.4 Å². The van der Waals surface area contributed by atoms with Crippen molar-refractivity contribution in [2.75, 3.05) is 39.6 Å². The van der Waals surface area contributed by atoms with Crippen molar-refractivity contribution in [3.63, 3.8) is 0 Å². The number of hydrogen-bond acceptors (Lipinski definition) is 7. The van der Waals surface area contributed by atoms with Gasteiger partial charge in [-0.2, -0.15) is 0 Å². The number of carbonyl (C=O) groups excluding carboxylic acids is 2. The lowest BCUT2D eigenvalue weighted by molar-refractivity contribution is -0.137. The number of carbonyl (C=O) groups is 2. The van der Waals surface area contributed by atoms with Gasteiger partial charge in [-0.3, -0.25) is 14.5 Å². The minimum absolute atomic E-state index is 0.124. The quantitative estimate of drug-likeness (QED) is 0.369. The second-order valence-corrected chi connectivity index (χ2v) is 5.41. The first-order valence-electron chi connectivity index (χ1n) is 8.36. The first-order valence-corrected chi connectivity index (χ1v) is 8.36. The van der Waals surface area contributed by atoms with Gasteiger partial charge in [0.25, 0.3) is 11.8 Å². The molecule has 0 atom stereocenters. The second-order valence-electron chi connectivity index (χ2n) is 5.41. The molecule has 0 aliphatic carbocycles. The van der Waals surface area contributed by atoms with Crippen LogP contribution in [-0.2, 0) is 36.9 Å². The van der Waals surface area contributed by atoms with E-state index in [0.29, 0.717) is 45.3 Å². The van der Waals surface area contributed by atoms with E-state index >= 15 is 0 Å². The zero-order chi connectivity index (χ0) is 17.9. The molecule has 0 fully saturated rings. The van der Waals surface area contributed by atoms with Crippen LogP contribution in [-0.4, -0.2) is 71.3 Å². The van der Waals surface area contributed by atoms with Crippen molar-refractivity contribution in [3.8, 4) is 0 Å². The summed E-state index contributed by atoms with van der Waals surface area (Å²) in [6.45, 7) is 6.15. The highest BCUT2D eigenvalue weighted by molar-refractivity contribution is 6.12. The topological polar surface area (TPSA) is 95.8 Å². The van der Waals surface area contributed by atoms with E-state index in [2.05, 4.69) is 17.2 Å². The molecule has 0 spiro atoms. The summed E-state index contributed by atoms with van der Waals surface area (Å²) < 4.78 is 17.7. The third kappa shape index (κ3) is 6.73. The largest absolute Gasteiger partial charge is 0.379 e. The SMILES string of the molecule is CCCOCCOCCOCCn1cc(CN2C(=O)C=CC2=O)nn1. The van der Waals surface area contributed by atoms with Crippen LogP contribution in [0.1, 0.15) is 19.0 Å². The van der Waals surface area contributed by atoms with E-state index in [9.17, 15) is 9.59 Å². The molecule has 0 unspecified atom stereocenters. The Hall–Kier alpha value is -2.10. The van der Waals surface area contributed by atoms with E-state index in [0.717, 1.165) is 17.9 Å². The molecule has 0 saturated heterocycles. The summed E-state index contributed by atoms with van der Waals surface area (Å²) in [6.07, 6.45) is 5.20. The molecule has 0 aromatic carbocycles. The van der Waals surface area contributed by atoms with Gasteiger partial charge < -0.3 is 14.2 Å². The molecule has 2 rings (SSSR count). The van der Waals surface area contributed by atoms with Gasteiger partial charge in [-0.1, -0.05) is 12.1 Å². The predicted octanol–water partition coefficient (Wildman–Crippen LogP) is 0.163. The van der Waals surface area contributed by atoms with Crippen LogP contribution in [0.4, 0.5) is 0 Å². The predicted molar refractivity (Wildman–Crippen MR) is 87.5 cm³/mol. The van der Waals surface area contributed by atoms with Crippen LogP contribution in [0.15, 0.2) is 18.3 Å². The van der Waals surface area contributed by atoms with Gasteiger partial charge in [-0.15, -0.1) is 5.10 Å². The highest BCUT2D eigenvalue weighted by Gasteiger charge is 2.24. The van der Waals surface area contributed by atoms with E-state index < -0.39 is 0 Å². The molecule has 0 N–H and O–H groups in total. The van der Waals surface area contributed by atoms with Gasteiger partial charge in [0.15, 0.2) is 0 Å². The first-order chi connectivity index (χ1) is 12.2. The van der Waals surface area contributed by atoms with Crippen molar-refractivity contribution in [1.29, 1.82) is 0 Å². The highest BCUT2D eigenvalue weighted by Crippen LogP contribution is 2.08. The monoisotopic (exact) mass is 352 g/mol. The summed E-state index contributed by atoms with van der Waals surface area (Å²) in [4.78, 5) is 24.1. The van der Waals surface area contributed by atoms with Crippen LogP contribution in [0, 0.1) is 0 Å². The third-order valence-corrected chi connectivity index (χ3v) is 3.36. The smallest absolute Gasteiger partial charge is 0.253 e. The second kappa shape index (κ2) is 10.7. The van der Waals surface area contributed by atoms with E-state index in [1.807, 2.05) is 0 Å². The van der Waals surface area contributed by atoms with Gasteiger partial charge in [0.2, 0.25) is 0 Å². The molecular weight excluding hydrogens is 328 g/mol. The van der Waals surface area contributed by atoms with Crippen LogP contribution >= 0.6 is 0 Å². The molecule has 9 heteroatoms. The van der Waals surface area contributed by atoms with Crippen LogP contribution in [0.5, 0.6) is 0 Å². The number of ether oxygens (including phenoxy) is 3. The average molecular weight is 352 g/mol. The maximum Gasteiger partial charge on any atom is 0.253 e. The minimum Gasteiger partial charge on any atom is -0.379 e. The Morgan fingerprint density at radius 3 is 2.16 bits per heavy atom. The lowest BCUT2D eigenvalue weighted by Gasteiger charge is -2.10. The Morgan fingerprint density at radius 2 is 1.52 bits per heavy atom. The zero-order valence-electron chi connectivity index (χ0n) is 14.4. The molecule has 1 aliphatic heterocycles. The molecule has 1 aliphatic rings. The highest BCUT2D eigenvalue weighted by atomic mass is 16.5. The van der Waals surface area contributed by atoms with E-state index in [-0.39, 0.29) is 18.4 Å². The maximum absolute atomic E-state index is 11.5. The van der Waals surface area contributed by atoms with Crippen molar-refractivity contribution >= 4 is 11.8 Å². The lowest BCUT2D eigenvalue weighted by Crippen LogP contribution is -2.29. The van der Waals surface area contributed by atoms with Gasteiger partial charge in [0.05, 0.1) is 52.3 Å². The lowest BCUT2D eigenvalue weighted by atomic mass is 10.4. The fourth-order valence-electron chi connectivity index (χ4n) is 2.11. The summed E-state index contributed by atoms with van der Waals surface area (Å²) in [6, 6.07) is 0. The molecule has 9 nitrogen and oxygen atoms in total. The Labute approximate surface area is 146 Å². The van der Waals surface area contributed by atoms with Gasteiger partial charge >= 0.3 is 0 Å². The maximum atomic E-state index is 11.5. The van der Waals surface area contributed by atoms with E-state index in [1.54, 1.807) is 10.9 Å². The van der Waals surface area contributed by atoms with Crippen molar-refractivity contribution < 1.29 is 23.8 Å².